The van der Waals surface area contributed by atoms with E-state index in [1.165, 1.54) is 0 Å². The lowest BCUT2D eigenvalue weighted by Crippen LogP contribution is -2.15. The maximum atomic E-state index is 12.2. The average molecular weight is 280 g/mol. The van der Waals surface area contributed by atoms with Crippen molar-refractivity contribution < 1.29 is 9.59 Å². The standard InChI is InChI=1S/C17H16N2O2/c20-16(12-9-10-12)19-15-8-4-5-13(11-15)17(21)18-14-6-2-1-3-7-14/h1-8,11-12H,9-10H2,(H,18,21)(H,19,20). The highest BCUT2D eigenvalue weighted by molar-refractivity contribution is 6.05. The number of amides is 2. The Morgan fingerprint density at radius 1 is 0.857 bits per heavy atom. The Labute approximate surface area is 123 Å². The number of nitrogens with one attached hydrogen (secondary N) is 2. The van der Waals surface area contributed by atoms with Crippen LogP contribution in [0.15, 0.2) is 54.6 Å². The smallest absolute Gasteiger partial charge is 0.255 e. The van der Waals surface area contributed by atoms with E-state index in [0.29, 0.717) is 11.3 Å². The van der Waals surface area contributed by atoms with Crippen molar-refractivity contribution >= 4 is 23.2 Å². The summed E-state index contributed by atoms with van der Waals surface area (Å²) in [6.45, 7) is 0. The van der Waals surface area contributed by atoms with E-state index in [2.05, 4.69) is 10.6 Å². The molecule has 1 saturated carbocycles. The normalized spacial score (nSPS) is 13.5. The zero-order chi connectivity index (χ0) is 14.7. The van der Waals surface area contributed by atoms with Crippen LogP contribution in [0.25, 0.3) is 0 Å². The number of hydrogen-bond donors (Lipinski definition) is 2. The second-order valence-electron chi connectivity index (χ2n) is 5.16. The number of anilines is 2. The SMILES string of the molecule is O=C(Nc1ccccc1)c1cccc(NC(=O)C2CC2)c1. The zero-order valence-corrected chi connectivity index (χ0v) is 11.5. The first kappa shape index (κ1) is 13.4. The van der Waals surface area contributed by atoms with Crippen molar-refractivity contribution in [2.45, 2.75) is 12.8 Å². The van der Waals surface area contributed by atoms with Crippen LogP contribution in [0.1, 0.15) is 23.2 Å². The van der Waals surface area contributed by atoms with Crippen molar-refractivity contribution in [3.63, 3.8) is 0 Å². The van der Waals surface area contributed by atoms with Gasteiger partial charge in [-0.2, -0.15) is 0 Å². The Hall–Kier alpha value is -2.62. The second-order valence-corrected chi connectivity index (χ2v) is 5.16. The lowest BCUT2D eigenvalue weighted by atomic mass is 10.1. The van der Waals surface area contributed by atoms with Crippen LogP contribution >= 0.6 is 0 Å². The van der Waals surface area contributed by atoms with Gasteiger partial charge in [0.05, 0.1) is 0 Å². The van der Waals surface area contributed by atoms with Crippen LogP contribution in [0.2, 0.25) is 0 Å². The largest absolute Gasteiger partial charge is 0.326 e. The third-order valence-electron chi connectivity index (χ3n) is 3.37. The molecule has 0 spiro atoms. The summed E-state index contributed by atoms with van der Waals surface area (Å²) in [5.74, 6) is -0.00820. The van der Waals surface area contributed by atoms with Crippen molar-refractivity contribution in [1.82, 2.24) is 0 Å². The Morgan fingerprint density at radius 3 is 2.29 bits per heavy atom. The van der Waals surface area contributed by atoms with E-state index < -0.39 is 0 Å². The molecule has 0 unspecified atom stereocenters. The third kappa shape index (κ3) is 3.48. The van der Waals surface area contributed by atoms with Crippen molar-refractivity contribution in [2.75, 3.05) is 10.6 Å². The fourth-order valence-electron chi connectivity index (χ4n) is 2.05. The fraction of sp³-hybridized carbons (Fsp3) is 0.176. The van der Waals surface area contributed by atoms with Crippen LogP contribution < -0.4 is 10.6 Å². The first-order chi connectivity index (χ1) is 10.2. The van der Waals surface area contributed by atoms with Crippen LogP contribution in [0.3, 0.4) is 0 Å². The van der Waals surface area contributed by atoms with Gasteiger partial charge in [0.2, 0.25) is 5.91 Å². The molecule has 0 atom stereocenters. The molecule has 2 N–H and O–H groups in total. The molecule has 0 saturated heterocycles. The summed E-state index contributed by atoms with van der Waals surface area (Å²) >= 11 is 0. The maximum absolute atomic E-state index is 12.2. The molecule has 1 aliphatic rings. The van der Waals surface area contributed by atoms with Gasteiger partial charge in [-0.1, -0.05) is 24.3 Å². The van der Waals surface area contributed by atoms with E-state index in [4.69, 9.17) is 0 Å². The molecule has 0 radical (unpaired) electrons. The highest BCUT2D eigenvalue weighted by atomic mass is 16.2. The second kappa shape index (κ2) is 5.79. The lowest BCUT2D eigenvalue weighted by molar-refractivity contribution is -0.117. The molecule has 2 amide bonds. The molecule has 0 aliphatic heterocycles. The summed E-state index contributed by atoms with van der Waals surface area (Å²) in [7, 11) is 0. The number of carbonyl (C=O) groups excluding carboxylic acids is 2. The first-order valence-electron chi connectivity index (χ1n) is 7.00. The molecule has 21 heavy (non-hydrogen) atoms. The van der Waals surface area contributed by atoms with Gasteiger partial charge in [0.15, 0.2) is 0 Å². The highest BCUT2D eigenvalue weighted by Crippen LogP contribution is 2.30. The van der Waals surface area contributed by atoms with Crippen LogP contribution in [0.5, 0.6) is 0 Å². The third-order valence-corrected chi connectivity index (χ3v) is 3.37. The Bertz CT molecular complexity index is 664. The monoisotopic (exact) mass is 280 g/mol. The topological polar surface area (TPSA) is 58.2 Å². The van der Waals surface area contributed by atoms with E-state index in [0.717, 1.165) is 18.5 Å². The molecule has 4 nitrogen and oxygen atoms in total. The molecule has 0 bridgehead atoms. The van der Waals surface area contributed by atoms with E-state index in [9.17, 15) is 9.59 Å². The molecule has 2 aromatic rings. The van der Waals surface area contributed by atoms with Gasteiger partial charge >= 0.3 is 0 Å². The zero-order valence-electron chi connectivity index (χ0n) is 11.5. The molecule has 1 fully saturated rings. The number of para-hydroxylation sites is 1. The fourth-order valence-corrected chi connectivity index (χ4v) is 2.05. The predicted molar refractivity (Wildman–Crippen MR) is 82.2 cm³/mol. The minimum Gasteiger partial charge on any atom is -0.326 e. The van der Waals surface area contributed by atoms with Gasteiger partial charge in [-0.3, -0.25) is 9.59 Å². The molecule has 1 aliphatic carbocycles. The van der Waals surface area contributed by atoms with E-state index >= 15 is 0 Å². The molecular formula is C17H16N2O2. The van der Waals surface area contributed by atoms with Gasteiger partial charge in [-0.05, 0) is 43.2 Å². The summed E-state index contributed by atoms with van der Waals surface area (Å²) in [5.41, 5.74) is 1.93. The van der Waals surface area contributed by atoms with Crippen LogP contribution in [-0.2, 0) is 4.79 Å². The maximum Gasteiger partial charge on any atom is 0.255 e. The highest BCUT2D eigenvalue weighted by Gasteiger charge is 2.29. The number of hydrogen-bond acceptors (Lipinski definition) is 2. The molecule has 2 aromatic carbocycles. The van der Waals surface area contributed by atoms with Crippen molar-refractivity contribution in [3.05, 3.63) is 60.2 Å². The molecule has 106 valence electrons. The van der Waals surface area contributed by atoms with Gasteiger partial charge < -0.3 is 10.6 Å². The Morgan fingerprint density at radius 2 is 1.57 bits per heavy atom. The first-order valence-corrected chi connectivity index (χ1v) is 7.00. The van der Waals surface area contributed by atoms with Crippen LogP contribution in [0, 0.1) is 5.92 Å². The molecule has 0 aromatic heterocycles. The van der Waals surface area contributed by atoms with Gasteiger partial charge in [0.1, 0.15) is 0 Å². The molecule has 3 rings (SSSR count). The molecule has 0 heterocycles. The summed E-state index contributed by atoms with van der Waals surface area (Å²) in [6.07, 6.45) is 1.92. The van der Waals surface area contributed by atoms with Crippen molar-refractivity contribution in [1.29, 1.82) is 0 Å². The van der Waals surface area contributed by atoms with Gasteiger partial charge in [-0.25, -0.2) is 0 Å². The average Bonchev–Trinajstić information content (AvgIpc) is 3.33. The minimum absolute atomic E-state index is 0.0376. The Kier molecular flexibility index (Phi) is 3.69. The van der Waals surface area contributed by atoms with Gasteiger partial charge in [-0.15, -0.1) is 0 Å². The van der Waals surface area contributed by atoms with Crippen LogP contribution in [0.4, 0.5) is 11.4 Å². The molecule has 4 heteroatoms. The minimum atomic E-state index is -0.191. The summed E-state index contributed by atoms with van der Waals surface area (Å²) in [4.78, 5) is 23.9. The van der Waals surface area contributed by atoms with Crippen LogP contribution in [-0.4, -0.2) is 11.8 Å². The Balaban J connectivity index is 1.69. The summed E-state index contributed by atoms with van der Waals surface area (Å²) < 4.78 is 0. The summed E-state index contributed by atoms with van der Waals surface area (Å²) in [5, 5.41) is 5.67. The van der Waals surface area contributed by atoms with E-state index in [-0.39, 0.29) is 17.7 Å². The van der Waals surface area contributed by atoms with Crippen molar-refractivity contribution in [2.24, 2.45) is 5.92 Å². The van der Waals surface area contributed by atoms with Gasteiger partial charge in [0, 0.05) is 22.9 Å². The lowest BCUT2D eigenvalue weighted by Gasteiger charge is -2.08. The number of carbonyl (C=O) groups is 2. The quantitative estimate of drug-likeness (QED) is 0.903. The van der Waals surface area contributed by atoms with Crippen molar-refractivity contribution in [3.8, 4) is 0 Å². The van der Waals surface area contributed by atoms with Gasteiger partial charge in [0.25, 0.3) is 5.91 Å². The van der Waals surface area contributed by atoms with E-state index in [1.807, 2.05) is 30.3 Å². The number of rotatable bonds is 4. The number of benzene rings is 2. The predicted octanol–water partition coefficient (Wildman–Crippen LogP) is 3.29. The van der Waals surface area contributed by atoms with E-state index in [1.54, 1.807) is 24.3 Å². The summed E-state index contributed by atoms with van der Waals surface area (Å²) in [6, 6.07) is 16.3. The molecular weight excluding hydrogens is 264 g/mol.